The molecule has 3 aromatic rings. The Kier molecular flexibility index (Phi) is 3.54. The summed E-state index contributed by atoms with van der Waals surface area (Å²) in [6, 6.07) is 3.15. The van der Waals surface area contributed by atoms with Gasteiger partial charge in [-0.05, 0) is 30.9 Å². The van der Waals surface area contributed by atoms with Crippen LogP contribution in [0.1, 0.15) is 5.56 Å². The molecule has 0 aliphatic carbocycles. The van der Waals surface area contributed by atoms with Gasteiger partial charge in [0.25, 0.3) is 5.78 Å². The Morgan fingerprint density at radius 1 is 1.29 bits per heavy atom. The second-order valence-electron chi connectivity index (χ2n) is 4.28. The molecule has 3 rings (SSSR count). The molecule has 0 radical (unpaired) electrons. The zero-order valence-corrected chi connectivity index (χ0v) is 13.5. The highest BCUT2D eigenvalue weighted by molar-refractivity contribution is 9.10. The van der Waals surface area contributed by atoms with Gasteiger partial charge in [-0.2, -0.15) is 19.5 Å². The summed E-state index contributed by atoms with van der Waals surface area (Å²) >= 11 is 4.63. The number of nitrogen functional groups attached to an aromatic ring is 1. The van der Waals surface area contributed by atoms with Crippen molar-refractivity contribution in [3.05, 3.63) is 28.0 Å². The number of benzene rings is 1. The number of aromatic nitrogens is 5. The molecule has 0 aliphatic heterocycles. The number of halogens is 2. The molecule has 2 heterocycles. The van der Waals surface area contributed by atoms with Gasteiger partial charge in [0.1, 0.15) is 5.82 Å². The summed E-state index contributed by atoms with van der Waals surface area (Å²) in [5.74, 6) is 0.548. The van der Waals surface area contributed by atoms with Crippen molar-refractivity contribution in [3.8, 4) is 11.4 Å². The first kappa shape index (κ1) is 14.2. The maximum atomic E-state index is 13.8. The van der Waals surface area contributed by atoms with Crippen LogP contribution in [-0.2, 0) is 0 Å². The van der Waals surface area contributed by atoms with Gasteiger partial charge in [0.2, 0.25) is 5.95 Å². The number of hydrogen-bond donors (Lipinski definition) is 1. The summed E-state index contributed by atoms with van der Waals surface area (Å²) in [6.07, 6.45) is 1.84. The van der Waals surface area contributed by atoms with E-state index >= 15 is 0 Å². The zero-order chi connectivity index (χ0) is 15.1. The molecule has 21 heavy (non-hydrogen) atoms. The van der Waals surface area contributed by atoms with Crippen LogP contribution < -0.4 is 5.73 Å². The number of anilines is 1. The number of hydrogen-bond acceptors (Lipinski definition) is 6. The Labute approximate surface area is 132 Å². The van der Waals surface area contributed by atoms with E-state index in [1.165, 1.54) is 22.3 Å². The molecular weight excluding hydrogens is 359 g/mol. The van der Waals surface area contributed by atoms with Gasteiger partial charge >= 0.3 is 0 Å². The maximum absolute atomic E-state index is 13.8. The first-order valence-electron chi connectivity index (χ1n) is 5.90. The lowest BCUT2D eigenvalue weighted by molar-refractivity contribution is 0.618. The molecule has 0 aliphatic rings. The lowest BCUT2D eigenvalue weighted by atomic mass is 10.1. The van der Waals surface area contributed by atoms with Crippen molar-refractivity contribution in [1.82, 2.24) is 24.6 Å². The van der Waals surface area contributed by atoms with E-state index in [-0.39, 0.29) is 11.8 Å². The summed E-state index contributed by atoms with van der Waals surface area (Å²) in [6.45, 7) is 1.67. The van der Waals surface area contributed by atoms with E-state index in [0.717, 1.165) is 0 Å². The molecule has 0 unspecified atom stereocenters. The molecule has 0 bridgehead atoms. The van der Waals surface area contributed by atoms with Crippen LogP contribution in [0.3, 0.4) is 0 Å². The van der Waals surface area contributed by atoms with Crippen molar-refractivity contribution in [3.63, 3.8) is 0 Å². The molecule has 9 heteroatoms. The summed E-state index contributed by atoms with van der Waals surface area (Å²) in [7, 11) is 0. The lowest BCUT2D eigenvalue weighted by Crippen LogP contribution is -2.04. The van der Waals surface area contributed by atoms with Crippen molar-refractivity contribution < 1.29 is 4.39 Å². The summed E-state index contributed by atoms with van der Waals surface area (Å²) in [5, 5.41) is 4.77. The van der Waals surface area contributed by atoms with Crippen LogP contribution in [0.5, 0.6) is 0 Å². The molecule has 2 N–H and O–H groups in total. The molecule has 6 nitrogen and oxygen atoms in total. The van der Waals surface area contributed by atoms with Crippen molar-refractivity contribution in [2.45, 2.75) is 12.1 Å². The lowest BCUT2D eigenvalue weighted by Gasteiger charge is -2.03. The molecule has 108 valence electrons. The van der Waals surface area contributed by atoms with Crippen LogP contribution in [0.4, 0.5) is 10.3 Å². The SMILES string of the molecule is CSc1nc(N)n2nc(-c3cc(Br)cc(F)c3C)nc2n1. The minimum absolute atomic E-state index is 0.191. The highest BCUT2D eigenvalue weighted by Crippen LogP contribution is 2.27. The topological polar surface area (TPSA) is 82.0 Å². The van der Waals surface area contributed by atoms with Gasteiger partial charge in [-0.15, -0.1) is 5.10 Å². The minimum atomic E-state index is -0.331. The van der Waals surface area contributed by atoms with Gasteiger partial charge in [0, 0.05) is 10.0 Å². The molecule has 0 atom stereocenters. The molecule has 1 aromatic carbocycles. The van der Waals surface area contributed by atoms with Gasteiger partial charge in [-0.25, -0.2) is 4.39 Å². The fourth-order valence-electron chi connectivity index (χ4n) is 1.87. The van der Waals surface area contributed by atoms with E-state index < -0.39 is 0 Å². The van der Waals surface area contributed by atoms with Crippen molar-refractivity contribution in [1.29, 1.82) is 0 Å². The second kappa shape index (κ2) is 5.23. The predicted molar refractivity (Wildman–Crippen MR) is 82.6 cm³/mol. The first-order chi connectivity index (χ1) is 9.99. The fraction of sp³-hybridized carbons (Fsp3) is 0.167. The van der Waals surface area contributed by atoms with E-state index in [1.807, 2.05) is 6.26 Å². The van der Waals surface area contributed by atoms with E-state index in [9.17, 15) is 4.39 Å². The molecule has 0 amide bonds. The van der Waals surface area contributed by atoms with Crippen LogP contribution in [0.25, 0.3) is 17.2 Å². The Hall–Kier alpha value is -1.74. The van der Waals surface area contributed by atoms with Gasteiger partial charge in [-0.1, -0.05) is 27.7 Å². The third-order valence-corrected chi connectivity index (χ3v) is 3.95. The molecule has 0 fully saturated rings. The predicted octanol–water partition coefficient (Wildman–Crippen LogP) is 2.70. The summed E-state index contributed by atoms with van der Waals surface area (Å²) < 4.78 is 15.8. The summed E-state index contributed by atoms with van der Waals surface area (Å²) in [5.41, 5.74) is 6.88. The van der Waals surface area contributed by atoms with Crippen LogP contribution in [0, 0.1) is 12.7 Å². The Morgan fingerprint density at radius 2 is 2.05 bits per heavy atom. The number of fused-ring (bicyclic) bond motifs is 1. The van der Waals surface area contributed by atoms with Gasteiger partial charge in [0.05, 0.1) is 0 Å². The Morgan fingerprint density at radius 3 is 2.76 bits per heavy atom. The van der Waals surface area contributed by atoms with Gasteiger partial charge in [0.15, 0.2) is 11.0 Å². The standard InChI is InChI=1S/C12H10BrFN6S/c1-5-7(3-6(13)4-8(5)14)9-16-11-18-12(21-2)17-10(15)20(11)19-9/h3-4H,1-2H3,(H2,15,16,17,18,19). The normalized spacial score (nSPS) is 11.2. The van der Waals surface area contributed by atoms with Crippen LogP contribution in [0.2, 0.25) is 0 Å². The van der Waals surface area contributed by atoms with Gasteiger partial charge < -0.3 is 5.73 Å². The molecule has 0 saturated heterocycles. The smallest absolute Gasteiger partial charge is 0.258 e. The van der Waals surface area contributed by atoms with Gasteiger partial charge in [-0.3, -0.25) is 0 Å². The molecular formula is C12H10BrFN6S. The number of nitrogens with zero attached hydrogens (tertiary/aromatic N) is 5. The third-order valence-electron chi connectivity index (χ3n) is 2.95. The van der Waals surface area contributed by atoms with Crippen LogP contribution >= 0.6 is 27.7 Å². The van der Waals surface area contributed by atoms with Crippen molar-refractivity contribution in [2.24, 2.45) is 0 Å². The van der Waals surface area contributed by atoms with Crippen molar-refractivity contribution >= 4 is 39.4 Å². The number of nitrogens with two attached hydrogens (primary N) is 1. The summed E-state index contributed by atoms with van der Waals surface area (Å²) in [4.78, 5) is 12.6. The van der Waals surface area contributed by atoms with E-state index in [0.29, 0.717) is 32.4 Å². The highest BCUT2D eigenvalue weighted by atomic mass is 79.9. The van der Waals surface area contributed by atoms with Crippen LogP contribution in [0.15, 0.2) is 21.8 Å². The second-order valence-corrected chi connectivity index (χ2v) is 5.96. The number of rotatable bonds is 2. The fourth-order valence-corrected chi connectivity index (χ4v) is 2.66. The average Bonchev–Trinajstić information content (AvgIpc) is 2.87. The Balaban J connectivity index is 2.25. The molecule has 0 saturated carbocycles. The minimum Gasteiger partial charge on any atom is -0.368 e. The average molecular weight is 369 g/mol. The highest BCUT2D eigenvalue weighted by Gasteiger charge is 2.16. The quantitative estimate of drug-likeness (QED) is 0.700. The van der Waals surface area contributed by atoms with Crippen LogP contribution in [-0.4, -0.2) is 30.8 Å². The zero-order valence-electron chi connectivity index (χ0n) is 11.1. The third kappa shape index (κ3) is 2.46. The Bertz CT molecular complexity index is 849. The monoisotopic (exact) mass is 368 g/mol. The van der Waals surface area contributed by atoms with E-state index in [2.05, 4.69) is 36.0 Å². The van der Waals surface area contributed by atoms with E-state index in [1.54, 1.807) is 13.0 Å². The maximum Gasteiger partial charge on any atom is 0.258 e. The van der Waals surface area contributed by atoms with E-state index in [4.69, 9.17) is 5.73 Å². The largest absolute Gasteiger partial charge is 0.368 e. The molecule has 2 aromatic heterocycles. The molecule has 0 spiro atoms. The first-order valence-corrected chi connectivity index (χ1v) is 7.91. The number of thioether (sulfide) groups is 1. The van der Waals surface area contributed by atoms with Crippen molar-refractivity contribution in [2.75, 3.05) is 12.0 Å².